The summed E-state index contributed by atoms with van der Waals surface area (Å²) in [7, 11) is 0. The summed E-state index contributed by atoms with van der Waals surface area (Å²) in [6.45, 7) is 0. The number of benzene rings is 10. The molecule has 10 rings (SSSR count). The van der Waals surface area contributed by atoms with Gasteiger partial charge in [-0.3, -0.25) is 0 Å². The normalized spacial score (nSPS) is 11.2. The molecular formula is C56H39N. The van der Waals surface area contributed by atoms with E-state index in [4.69, 9.17) is 0 Å². The number of anilines is 3. The number of nitrogens with zero attached hydrogens (tertiary/aromatic N) is 1. The highest BCUT2D eigenvalue weighted by Gasteiger charge is 2.20. The zero-order valence-electron chi connectivity index (χ0n) is 31.5. The third-order valence-corrected chi connectivity index (χ3v) is 11.0. The fourth-order valence-corrected chi connectivity index (χ4v) is 8.23. The predicted molar refractivity (Wildman–Crippen MR) is 243 cm³/mol. The van der Waals surface area contributed by atoms with Crippen LogP contribution >= 0.6 is 0 Å². The lowest BCUT2D eigenvalue weighted by Crippen LogP contribution is -2.11. The zero-order valence-corrected chi connectivity index (χ0v) is 31.5. The largest absolute Gasteiger partial charge is 0.310 e. The minimum absolute atomic E-state index is 1.08. The fraction of sp³-hybridized carbons (Fsp3) is 0. The Morgan fingerprint density at radius 1 is 0.246 bits per heavy atom. The molecule has 0 spiro atoms. The molecule has 0 aliphatic heterocycles. The standard InChI is InChI=1S/C56H39N/c1-4-15-40(16-5-1)49-32-36-55(54(39-49)42-18-6-2-7-19-42)57(51-25-14-24-47(38-51)48-28-27-41-17-10-11-23-46(41)37-48)50-33-29-44(30-34-50)53-35-31-43-20-12-13-26-52(43)56(53)45-21-8-3-9-22-45/h1-39H. The molecule has 0 radical (unpaired) electrons. The first-order valence-electron chi connectivity index (χ1n) is 19.6. The van der Waals surface area contributed by atoms with Crippen molar-refractivity contribution in [1.29, 1.82) is 0 Å². The summed E-state index contributed by atoms with van der Waals surface area (Å²) < 4.78 is 0. The molecule has 0 saturated heterocycles. The van der Waals surface area contributed by atoms with E-state index in [1.54, 1.807) is 0 Å². The van der Waals surface area contributed by atoms with Crippen molar-refractivity contribution in [3.63, 3.8) is 0 Å². The molecule has 0 amide bonds. The minimum Gasteiger partial charge on any atom is -0.310 e. The van der Waals surface area contributed by atoms with Gasteiger partial charge in [0, 0.05) is 16.9 Å². The van der Waals surface area contributed by atoms with Gasteiger partial charge in [0.2, 0.25) is 0 Å². The highest BCUT2D eigenvalue weighted by Crippen LogP contribution is 2.45. The van der Waals surface area contributed by atoms with Crippen LogP contribution < -0.4 is 4.90 Å². The third-order valence-electron chi connectivity index (χ3n) is 11.0. The summed E-state index contributed by atoms with van der Waals surface area (Å²) >= 11 is 0. The topological polar surface area (TPSA) is 3.24 Å². The van der Waals surface area contributed by atoms with Crippen LogP contribution in [0.2, 0.25) is 0 Å². The maximum Gasteiger partial charge on any atom is 0.0540 e. The predicted octanol–water partition coefficient (Wildman–Crippen LogP) is 15.8. The van der Waals surface area contributed by atoms with E-state index in [0.717, 1.165) is 22.6 Å². The van der Waals surface area contributed by atoms with E-state index in [1.165, 1.54) is 71.6 Å². The molecule has 0 unspecified atom stereocenters. The average molecular weight is 726 g/mol. The van der Waals surface area contributed by atoms with Crippen molar-refractivity contribution in [1.82, 2.24) is 0 Å². The molecule has 57 heavy (non-hydrogen) atoms. The summed E-state index contributed by atoms with van der Waals surface area (Å²) in [4.78, 5) is 2.42. The van der Waals surface area contributed by atoms with Crippen LogP contribution in [-0.2, 0) is 0 Å². The van der Waals surface area contributed by atoms with Gasteiger partial charge in [0.15, 0.2) is 0 Å². The van der Waals surface area contributed by atoms with Gasteiger partial charge >= 0.3 is 0 Å². The van der Waals surface area contributed by atoms with Gasteiger partial charge in [-0.25, -0.2) is 0 Å². The molecule has 1 heteroatoms. The molecule has 0 fully saturated rings. The lowest BCUT2D eigenvalue weighted by Gasteiger charge is -2.29. The second kappa shape index (κ2) is 15.0. The number of rotatable bonds is 8. The van der Waals surface area contributed by atoms with Crippen LogP contribution in [0.15, 0.2) is 237 Å². The molecule has 0 aliphatic carbocycles. The highest BCUT2D eigenvalue weighted by molar-refractivity contribution is 6.04. The van der Waals surface area contributed by atoms with Crippen molar-refractivity contribution in [2.45, 2.75) is 0 Å². The van der Waals surface area contributed by atoms with Crippen LogP contribution in [0.25, 0.3) is 77.2 Å². The van der Waals surface area contributed by atoms with E-state index in [0.29, 0.717) is 0 Å². The van der Waals surface area contributed by atoms with Crippen LogP contribution in [0.3, 0.4) is 0 Å². The van der Waals surface area contributed by atoms with Gasteiger partial charge < -0.3 is 4.90 Å². The monoisotopic (exact) mass is 725 g/mol. The van der Waals surface area contributed by atoms with Gasteiger partial charge in [0.1, 0.15) is 0 Å². The molecule has 1 nitrogen and oxygen atoms in total. The average Bonchev–Trinajstić information content (AvgIpc) is 3.30. The molecule has 0 atom stereocenters. The minimum atomic E-state index is 1.08. The van der Waals surface area contributed by atoms with E-state index in [-0.39, 0.29) is 0 Å². The van der Waals surface area contributed by atoms with E-state index in [9.17, 15) is 0 Å². The lowest BCUT2D eigenvalue weighted by atomic mass is 9.89. The van der Waals surface area contributed by atoms with Crippen molar-refractivity contribution in [3.8, 4) is 55.6 Å². The van der Waals surface area contributed by atoms with Crippen molar-refractivity contribution in [2.75, 3.05) is 4.90 Å². The Labute approximate surface area is 334 Å². The Morgan fingerprint density at radius 3 is 1.53 bits per heavy atom. The molecule has 0 heterocycles. The van der Waals surface area contributed by atoms with E-state index in [2.05, 4.69) is 241 Å². The molecule has 0 bridgehead atoms. The molecule has 0 aliphatic rings. The fourth-order valence-electron chi connectivity index (χ4n) is 8.23. The lowest BCUT2D eigenvalue weighted by molar-refractivity contribution is 1.28. The molecule has 0 saturated carbocycles. The van der Waals surface area contributed by atoms with Gasteiger partial charge in [-0.2, -0.15) is 0 Å². The maximum atomic E-state index is 2.42. The van der Waals surface area contributed by atoms with Crippen LogP contribution in [0, 0.1) is 0 Å². The van der Waals surface area contributed by atoms with Crippen LogP contribution in [0.1, 0.15) is 0 Å². The van der Waals surface area contributed by atoms with Crippen LogP contribution in [0.5, 0.6) is 0 Å². The Kier molecular flexibility index (Phi) is 8.95. The maximum absolute atomic E-state index is 2.42. The summed E-state index contributed by atoms with van der Waals surface area (Å²) in [5.74, 6) is 0. The molecule has 0 N–H and O–H groups in total. The molecule has 10 aromatic carbocycles. The van der Waals surface area contributed by atoms with E-state index < -0.39 is 0 Å². The van der Waals surface area contributed by atoms with Crippen molar-refractivity contribution < 1.29 is 0 Å². The summed E-state index contributed by atoms with van der Waals surface area (Å²) in [6, 6.07) is 85.7. The Hall–Kier alpha value is -7.48. The summed E-state index contributed by atoms with van der Waals surface area (Å²) in [6.07, 6.45) is 0. The summed E-state index contributed by atoms with van der Waals surface area (Å²) in [5.41, 5.74) is 15.2. The first kappa shape index (κ1) is 34.0. The number of hydrogen-bond acceptors (Lipinski definition) is 1. The molecular weight excluding hydrogens is 687 g/mol. The highest BCUT2D eigenvalue weighted by atomic mass is 15.1. The second-order valence-corrected chi connectivity index (χ2v) is 14.5. The molecule has 268 valence electrons. The Balaban J connectivity index is 1.15. The zero-order chi connectivity index (χ0) is 38.0. The van der Waals surface area contributed by atoms with Crippen molar-refractivity contribution in [3.05, 3.63) is 237 Å². The van der Waals surface area contributed by atoms with E-state index in [1.807, 2.05) is 0 Å². The molecule has 10 aromatic rings. The number of fused-ring (bicyclic) bond motifs is 2. The third kappa shape index (κ3) is 6.66. The van der Waals surface area contributed by atoms with Gasteiger partial charge in [0.25, 0.3) is 0 Å². The van der Waals surface area contributed by atoms with Crippen molar-refractivity contribution in [2.24, 2.45) is 0 Å². The Morgan fingerprint density at radius 2 is 0.772 bits per heavy atom. The van der Waals surface area contributed by atoms with Crippen molar-refractivity contribution >= 4 is 38.6 Å². The van der Waals surface area contributed by atoms with Gasteiger partial charge in [-0.05, 0) is 114 Å². The first-order valence-corrected chi connectivity index (χ1v) is 19.6. The summed E-state index contributed by atoms with van der Waals surface area (Å²) in [5, 5.41) is 4.97. The molecule has 0 aromatic heterocycles. The van der Waals surface area contributed by atoms with Crippen LogP contribution in [-0.4, -0.2) is 0 Å². The van der Waals surface area contributed by atoms with Gasteiger partial charge in [-0.1, -0.05) is 194 Å². The first-order chi connectivity index (χ1) is 28.3. The van der Waals surface area contributed by atoms with Gasteiger partial charge in [0.05, 0.1) is 5.69 Å². The second-order valence-electron chi connectivity index (χ2n) is 14.5. The SMILES string of the molecule is c1ccc(-c2ccc(N(c3ccc(-c4ccc5ccccc5c4-c4ccccc4)cc3)c3cccc(-c4ccc5ccccc5c4)c3)c(-c3ccccc3)c2)cc1. The number of hydrogen-bond donors (Lipinski definition) is 0. The smallest absolute Gasteiger partial charge is 0.0540 e. The van der Waals surface area contributed by atoms with E-state index >= 15 is 0 Å². The Bertz CT molecular complexity index is 2990. The quantitative estimate of drug-likeness (QED) is 0.151. The van der Waals surface area contributed by atoms with Gasteiger partial charge in [-0.15, -0.1) is 0 Å². The van der Waals surface area contributed by atoms with Crippen LogP contribution in [0.4, 0.5) is 17.1 Å².